The molecule has 2 heterocycles. The predicted octanol–water partition coefficient (Wildman–Crippen LogP) is 1.54. The van der Waals surface area contributed by atoms with Crippen molar-refractivity contribution < 1.29 is 30.8 Å². The monoisotopic (exact) mass is 505 g/mol. The average molecular weight is 506 g/mol. The Morgan fingerprint density at radius 3 is 2.32 bits per heavy atom. The number of nitrogens with zero attached hydrogens (tertiary/aromatic N) is 2. The first-order chi connectivity index (χ1) is 16.0. The lowest BCUT2D eigenvalue weighted by molar-refractivity contribution is -0.0856. The summed E-state index contributed by atoms with van der Waals surface area (Å²) in [6, 6.07) is 2.61. The molecular formula is C21H27F4N5O3S. The molecule has 0 spiro atoms. The van der Waals surface area contributed by atoms with Crippen LogP contribution in [0.2, 0.25) is 0 Å². The second-order valence-electron chi connectivity index (χ2n) is 8.84. The van der Waals surface area contributed by atoms with Gasteiger partial charge in [0.1, 0.15) is 11.6 Å². The topological polar surface area (TPSA) is 93.8 Å². The molecule has 1 aromatic rings. The first-order valence-corrected chi connectivity index (χ1v) is 12.5. The van der Waals surface area contributed by atoms with Crippen LogP contribution in [-0.2, 0) is 10.0 Å². The molecule has 4 rings (SSSR count). The molecule has 8 nitrogen and oxygen atoms in total. The Labute approximate surface area is 195 Å². The third-order valence-corrected chi connectivity index (χ3v) is 8.65. The lowest BCUT2D eigenvalue weighted by atomic mass is 9.78. The summed E-state index contributed by atoms with van der Waals surface area (Å²) in [5.41, 5.74) is -1.16. The number of rotatable bonds is 6. The molecule has 1 saturated carbocycles. The molecule has 34 heavy (non-hydrogen) atoms. The smallest absolute Gasteiger partial charge is 0.259 e. The Morgan fingerprint density at radius 1 is 1.06 bits per heavy atom. The lowest BCUT2D eigenvalue weighted by Crippen LogP contribution is -2.63. The number of carbonyl (C=O) groups is 1. The summed E-state index contributed by atoms with van der Waals surface area (Å²) in [7, 11) is -3.69. The Hall–Kier alpha value is -2.38. The van der Waals surface area contributed by atoms with Gasteiger partial charge in [-0.2, -0.15) is 4.31 Å². The number of piperazine rings is 1. The average Bonchev–Trinajstić information content (AvgIpc) is 3.35. The van der Waals surface area contributed by atoms with Gasteiger partial charge in [-0.3, -0.25) is 9.69 Å². The maximum absolute atomic E-state index is 14.0. The molecule has 188 valence electrons. The molecule has 1 aromatic carbocycles. The van der Waals surface area contributed by atoms with Crippen molar-refractivity contribution in [1.82, 2.24) is 25.2 Å². The van der Waals surface area contributed by atoms with E-state index in [1.54, 1.807) is 0 Å². The molecule has 1 saturated heterocycles. The molecule has 3 aliphatic rings. The third kappa shape index (κ3) is 5.01. The first kappa shape index (κ1) is 24.7. The van der Waals surface area contributed by atoms with E-state index in [1.165, 1.54) is 10.5 Å². The summed E-state index contributed by atoms with van der Waals surface area (Å²) >= 11 is 0. The van der Waals surface area contributed by atoms with Crippen LogP contribution in [0, 0.1) is 11.6 Å². The van der Waals surface area contributed by atoms with E-state index >= 15 is 0 Å². The van der Waals surface area contributed by atoms with Gasteiger partial charge in [-0.15, -0.1) is 0 Å². The minimum Gasteiger partial charge on any atom is -0.372 e. The number of hydrogen-bond acceptors (Lipinski definition) is 6. The van der Waals surface area contributed by atoms with Gasteiger partial charge in [0, 0.05) is 63.4 Å². The Balaban J connectivity index is 1.46. The minimum atomic E-state index is -3.69. The van der Waals surface area contributed by atoms with E-state index in [2.05, 4.69) is 16.0 Å². The van der Waals surface area contributed by atoms with Crippen molar-refractivity contribution in [3.63, 3.8) is 0 Å². The summed E-state index contributed by atoms with van der Waals surface area (Å²) in [6.45, 7) is 1.24. The summed E-state index contributed by atoms with van der Waals surface area (Å²) < 4.78 is 82.0. The van der Waals surface area contributed by atoms with Crippen LogP contribution >= 0.6 is 0 Å². The summed E-state index contributed by atoms with van der Waals surface area (Å²) in [6.07, 6.45) is 0.852. The highest BCUT2D eigenvalue weighted by molar-refractivity contribution is 7.92. The molecule has 0 unspecified atom stereocenters. The van der Waals surface area contributed by atoms with Gasteiger partial charge in [-0.1, -0.05) is 0 Å². The fraction of sp³-hybridized carbons (Fsp3) is 0.571. The van der Waals surface area contributed by atoms with E-state index in [-0.39, 0.29) is 55.9 Å². The van der Waals surface area contributed by atoms with Crippen molar-refractivity contribution >= 4 is 15.9 Å². The maximum atomic E-state index is 14.0. The highest BCUT2D eigenvalue weighted by atomic mass is 32.2. The van der Waals surface area contributed by atoms with Crippen molar-refractivity contribution in [1.29, 1.82) is 0 Å². The number of alkyl halides is 2. The standard InChI is InChI=1S/C21H27F4N5O3S/c22-15-1-2-16(17(23)11-15)19(31)27-13-20(3-5-21(24,25)6-4-20)29-7-9-30(10-8-29)34(32,33)18-12-26-14-28-18/h1-2,11-12,26,28H,3-10,13-14H2,(H,27,31). The zero-order valence-electron chi connectivity index (χ0n) is 18.4. The number of carbonyl (C=O) groups excluding carboxylic acids is 1. The van der Waals surface area contributed by atoms with E-state index in [9.17, 15) is 30.8 Å². The number of amides is 1. The number of sulfonamides is 1. The van der Waals surface area contributed by atoms with Crippen LogP contribution < -0.4 is 16.0 Å². The van der Waals surface area contributed by atoms with Gasteiger partial charge in [0.2, 0.25) is 5.92 Å². The van der Waals surface area contributed by atoms with Gasteiger partial charge >= 0.3 is 0 Å². The lowest BCUT2D eigenvalue weighted by Gasteiger charge is -2.50. The van der Waals surface area contributed by atoms with Crippen molar-refractivity contribution in [2.45, 2.75) is 37.1 Å². The van der Waals surface area contributed by atoms with E-state index in [1.807, 2.05) is 4.90 Å². The Kier molecular flexibility index (Phi) is 6.80. The zero-order valence-corrected chi connectivity index (χ0v) is 19.2. The van der Waals surface area contributed by atoms with Crippen LogP contribution in [-0.4, -0.2) is 74.4 Å². The normalized spacial score (nSPS) is 23.0. The van der Waals surface area contributed by atoms with Gasteiger partial charge in [0.25, 0.3) is 15.9 Å². The largest absolute Gasteiger partial charge is 0.372 e. The van der Waals surface area contributed by atoms with Crippen molar-refractivity contribution in [2.24, 2.45) is 0 Å². The minimum absolute atomic E-state index is 0.0118. The SMILES string of the molecule is O=C(NCC1(N2CCN(S(=O)(=O)C3=CNCN3)CC2)CCC(F)(F)CC1)c1ccc(F)cc1F. The second kappa shape index (κ2) is 9.34. The highest BCUT2D eigenvalue weighted by Crippen LogP contribution is 2.42. The second-order valence-corrected chi connectivity index (χ2v) is 10.8. The molecule has 1 amide bonds. The number of hydrogen-bond donors (Lipinski definition) is 3. The van der Waals surface area contributed by atoms with Crippen molar-refractivity contribution in [3.05, 3.63) is 46.6 Å². The molecule has 0 atom stereocenters. The Bertz CT molecular complexity index is 1060. The van der Waals surface area contributed by atoms with E-state index in [0.717, 1.165) is 12.1 Å². The molecule has 2 fully saturated rings. The van der Waals surface area contributed by atoms with Crippen LogP contribution in [0.15, 0.2) is 29.4 Å². The number of halogens is 4. The molecule has 13 heteroatoms. The maximum Gasteiger partial charge on any atom is 0.259 e. The quantitative estimate of drug-likeness (QED) is 0.508. The summed E-state index contributed by atoms with van der Waals surface area (Å²) in [4.78, 5) is 14.5. The predicted molar refractivity (Wildman–Crippen MR) is 116 cm³/mol. The van der Waals surface area contributed by atoms with Crippen LogP contribution in [0.3, 0.4) is 0 Å². The van der Waals surface area contributed by atoms with Crippen LogP contribution in [0.5, 0.6) is 0 Å². The third-order valence-electron chi connectivity index (χ3n) is 6.79. The molecular weight excluding hydrogens is 478 g/mol. The summed E-state index contributed by atoms with van der Waals surface area (Å²) in [5, 5.41) is 8.27. The number of benzene rings is 1. The van der Waals surface area contributed by atoms with Gasteiger partial charge < -0.3 is 16.0 Å². The Morgan fingerprint density at radius 2 is 1.74 bits per heavy atom. The molecule has 3 N–H and O–H groups in total. The fourth-order valence-electron chi connectivity index (χ4n) is 4.74. The van der Waals surface area contributed by atoms with Gasteiger partial charge in [-0.25, -0.2) is 26.0 Å². The molecule has 0 radical (unpaired) electrons. The fourth-order valence-corrected chi connectivity index (χ4v) is 6.15. The van der Waals surface area contributed by atoms with Gasteiger partial charge in [-0.05, 0) is 25.0 Å². The summed E-state index contributed by atoms with van der Waals surface area (Å²) in [5.74, 6) is -5.39. The van der Waals surface area contributed by atoms with E-state index in [0.29, 0.717) is 25.8 Å². The molecule has 1 aliphatic carbocycles. The highest BCUT2D eigenvalue weighted by Gasteiger charge is 2.48. The van der Waals surface area contributed by atoms with Gasteiger partial charge in [0.05, 0.1) is 12.2 Å². The van der Waals surface area contributed by atoms with Crippen molar-refractivity contribution in [2.75, 3.05) is 39.4 Å². The van der Waals surface area contributed by atoms with Crippen LogP contribution in [0.1, 0.15) is 36.0 Å². The van der Waals surface area contributed by atoms with Gasteiger partial charge in [0.15, 0.2) is 5.03 Å². The van der Waals surface area contributed by atoms with Crippen LogP contribution in [0.25, 0.3) is 0 Å². The van der Waals surface area contributed by atoms with E-state index < -0.39 is 39.0 Å². The van der Waals surface area contributed by atoms with Crippen LogP contribution in [0.4, 0.5) is 17.6 Å². The molecule has 0 bridgehead atoms. The van der Waals surface area contributed by atoms with E-state index in [4.69, 9.17) is 0 Å². The van der Waals surface area contributed by atoms with Crippen molar-refractivity contribution in [3.8, 4) is 0 Å². The first-order valence-electron chi connectivity index (χ1n) is 11.1. The zero-order chi connectivity index (χ0) is 24.6. The molecule has 0 aromatic heterocycles. The number of nitrogens with one attached hydrogen (secondary N) is 3. The molecule has 2 aliphatic heterocycles.